The van der Waals surface area contributed by atoms with Crippen LogP contribution in [0, 0.1) is 0 Å². The van der Waals surface area contributed by atoms with Gasteiger partial charge in [0.25, 0.3) is 0 Å². The lowest BCUT2D eigenvalue weighted by Crippen LogP contribution is -2.11. The highest BCUT2D eigenvalue weighted by Gasteiger charge is 2.07. The Kier molecular flexibility index (Phi) is 4.42. The summed E-state index contributed by atoms with van der Waals surface area (Å²) in [7, 11) is 0. The van der Waals surface area contributed by atoms with E-state index in [-0.39, 0.29) is 12.4 Å². The summed E-state index contributed by atoms with van der Waals surface area (Å²) in [6.45, 7) is 0.0710. The number of carbonyl (C=O) groups is 1. The van der Waals surface area contributed by atoms with Crippen molar-refractivity contribution in [1.82, 2.24) is 0 Å². The molecule has 0 amide bonds. The van der Waals surface area contributed by atoms with Crippen molar-refractivity contribution in [3.8, 4) is 5.75 Å². The molecule has 0 fully saturated rings. The smallest absolute Gasteiger partial charge is 0.200 e. The number of rotatable bonds is 5. The summed E-state index contributed by atoms with van der Waals surface area (Å²) in [5, 5.41) is 0. The molecule has 0 unspecified atom stereocenters. The number of ketones is 1. The Labute approximate surface area is 111 Å². The standard InChI is InChI=1S/C15H14O2S/c1-18-15-10-6-5-9-14(15)17-11-13(16)12-7-3-2-4-8-12/h2-10H,11H2,1H3. The minimum Gasteiger partial charge on any atom is -0.484 e. The van der Waals surface area contributed by atoms with Crippen molar-refractivity contribution in [2.75, 3.05) is 12.9 Å². The van der Waals surface area contributed by atoms with Crippen LogP contribution in [0.2, 0.25) is 0 Å². The van der Waals surface area contributed by atoms with Crippen molar-refractivity contribution in [3.63, 3.8) is 0 Å². The largest absolute Gasteiger partial charge is 0.484 e. The van der Waals surface area contributed by atoms with Gasteiger partial charge in [-0.1, -0.05) is 42.5 Å². The number of thioether (sulfide) groups is 1. The number of Topliss-reactive ketones (excluding diaryl/α,β-unsaturated/α-hetero) is 1. The predicted octanol–water partition coefficient (Wildman–Crippen LogP) is 3.67. The van der Waals surface area contributed by atoms with Gasteiger partial charge in [0.2, 0.25) is 0 Å². The van der Waals surface area contributed by atoms with E-state index < -0.39 is 0 Å². The maximum absolute atomic E-state index is 11.9. The molecule has 92 valence electrons. The van der Waals surface area contributed by atoms with Gasteiger partial charge < -0.3 is 4.74 Å². The van der Waals surface area contributed by atoms with Gasteiger partial charge in [-0.15, -0.1) is 11.8 Å². The van der Waals surface area contributed by atoms with Crippen molar-refractivity contribution in [2.24, 2.45) is 0 Å². The molecule has 0 N–H and O–H groups in total. The Morgan fingerprint density at radius 1 is 1.06 bits per heavy atom. The van der Waals surface area contributed by atoms with Crippen LogP contribution in [0.15, 0.2) is 59.5 Å². The molecule has 0 saturated heterocycles. The Hall–Kier alpha value is -1.74. The van der Waals surface area contributed by atoms with E-state index >= 15 is 0 Å². The lowest BCUT2D eigenvalue weighted by molar-refractivity contribution is 0.0919. The van der Waals surface area contributed by atoms with Crippen LogP contribution >= 0.6 is 11.8 Å². The third-order valence-electron chi connectivity index (χ3n) is 2.52. The van der Waals surface area contributed by atoms with E-state index in [2.05, 4.69) is 0 Å². The molecule has 0 aliphatic rings. The maximum atomic E-state index is 11.9. The maximum Gasteiger partial charge on any atom is 0.200 e. The van der Waals surface area contributed by atoms with Gasteiger partial charge in [0.05, 0.1) is 0 Å². The highest BCUT2D eigenvalue weighted by atomic mass is 32.2. The Balaban J connectivity index is 2.02. The van der Waals surface area contributed by atoms with Crippen molar-refractivity contribution >= 4 is 17.5 Å². The first-order valence-electron chi connectivity index (χ1n) is 5.65. The van der Waals surface area contributed by atoms with E-state index in [9.17, 15) is 4.79 Å². The van der Waals surface area contributed by atoms with Crippen molar-refractivity contribution in [2.45, 2.75) is 4.90 Å². The van der Waals surface area contributed by atoms with Gasteiger partial charge in [-0.2, -0.15) is 0 Å². The second-order valence-electron chi connectivity index (χ2n) is 3.73. The minimum absolute atomic E-state index is 0.00786. The highest BCUT2D eigenvalue weighted by molar-refractivity contribution is 7.98. The summed E-state index contributed by atoms with van der Waals surface area (Å²) in [5.74, 6) is 0.751. The monoisotopic (exact) mass is 258 g/mol. The zero-order chi connectivity index (χ0) is 12.8. The molecule has 0 radical (unpaired) electrons. The first-order valence-corrected chi connectivity index (χ1v) is 6.88. The fourth-order valence-corrected chi connectivity index (χ4v) is 2.13. The molecule has 0 aliphatic carbocycles. The predicted molar refractivity (Wildman–Crippen MR) is 74.5 cm³/mol. The topological polar surface area (TPSA) is 26.3 Å². The highest BCUT2D eigenvalue weighted by Crippen LogP contribution is 2.26. The van der Waals surface area contributed by atoms with E-state index in [1.54, 1.807) is 23.9 Å². The van der Waals surface area contributed by atoms with Crippen LogP contribution in [0.5, 0.6) is 5.75 Å². The lowest BCUT2D eigenvalue weighted by Gasteiger charge is -2.09. The molecule has 2 nitrogen and oxygen atoms in total. The number of carbonyl (C=O) groups excluding carboxylic acids is 1. The van der Waals surface area contributed by atoms with Gasteiger partial charge in [0.15, 0.2) is 12.4 Å². The molecular weight excluding hydrogens is 244 g/mol. The summed E-state index contributed by atoms with van der Waals surface area (Å²) in [6.07, 6.45) is 1.99. The molecule has 0 heterocycles. The summed E-state index contributed by atoms with van der Waals surface area (Å²) < 4.78 is 5.57. The number of hydrogen-bond acceptors (Lipinski definition) is 3. The molecule has 2 aromatic rings. The molecule has 0 saturated carbocycles. The first-order chi connectivity index (χ1) is 8.81. The summed E-state index contributed by atoms with van der Waals surface area (Å²) >= 11 is 1.61. The van der Waals surface area contributed by atoms with E-state index in [0.29, 0.717) is 5.56 Å². The molecule has 2 rings (SSSR count). The van der Waals surface area contributed by atoms with Gasteiger partial charge in [0.1, 0.15) is 5.75 Å². The second kappa shape index (κ2) is 6.26. The van der Waals surface area contributed by atoms with E-state index in [0.717, 1.165) is 10.6 Å². The molecule has 0 atom stereocenters. The minimum atomic E-state index is -0.00786. The fourth-order valence-electron chi connectivity index (χ4n) is 1.59. The molecule has 0 aliphatic heterocycles. The van der Waals surface area contributed by atoms with Gasteiger partial charge in [-0.05, 0) is 18.4 Å². The van der Waals surface area contributed by atoms with Gasteiger partial charge in [0, 0.05) is 10.5 Å². The number of benzene rings is 2. The van der Waals surface area contributed by atoms with E-state index in [1.807, 2.05) is 48.7 Å². The Bertz CT molecular complexity index is 523. The second-order valence-corrected chi connectivity index (χ2v) is 4.58. The quantitative estimate of drug-likeness (QED) is 0.604. The van der Waals surface area contributed by atoms with Crippen molar-refractivity contribution < 1.29 is 9.53 Å². The van der Waals surface area contributed by atoms with Crippen LogP contribution in [-0.2, 0) is 0 Å². The molecule has 0 aromatic heterocycles. The average Bonchev–Trinajstić information content (AvgIpc) is 2.46. The van der Waals surface area contributed by atoms with Gasteiger partial charge in [-0.25, -0.2) is 0 Å². The normalized spacial score (nSPS) is 10.1. The number of ether oxygens (including phenoxy) is 1. The van der Waals surface area contributed by atoms with Crippen LogP contribution in [0.3, 0.4) is 0 Å². The molecule has 0 spiro atoms. The van der Waals surface area contributed by atoms with Crippen LogP contribution < -0.4 is 4.74 Å². The van der Waals surface area contributed by atoms with Crippen LogP contribution in [0.1, 0.15) is 10.4 Å². The molecule has 2 aromatic carbocycles. The zero-order valence-electron chi connectivity index (χ0n) is 10.1. The molecule has 18 heavy (non-hydrogen) atoms. The van der Waals surface area contributed by atoms with Crippen LogP contribution in [0.4, 0.5) is 0 Å². The summed E-state index contributed by atoms with van der Waals surface area (Å²) in [5.41, 5.74) is 0.680. The zero-order valence-corrected chi connectivity index (χ0v) is 10.9. The Morgan fingerprint density at radius 3 is 2.44 bits per heavy atom. The van der Waals surface area contributed by atoms with E-state index in [1.165, 1.54) is 0 Å². The third-order valence-corrected chi connectivity index (χ3v) is 3.30. The Morgan fingerprint density at radius 2 is 1.72 bits per heavy atom. The third kappa shape index (κ3) is 3.14. The van der Waals surface area contributed by atoms with Crippen molar-refractivity contribution in [3.05, 3.63) is 60.2 Å². The van der Waals surface area contributed by atoms with Crippen molar-refractivity contribution in [1.29, 1.82) is 0 Å². The number of para-hydroxylation sites is 1. The summed E-state index contributed by atoms with van der Waals surface area (Å²) in [6, 6.07) is 16.9. The fraction of sp³-hybridized carbons (Fsp3) is 0.133. The van der Waals surface area contributed by atoms with Crippen LogP contribution in [-0.4, -0.2) is 18.6 Å². The van der Waals surface area contributed by atoms with Crippen LogP contribution in [0.25, 0.3) is 0 Å². The van der Waals surface area contributed by atoms with E-state index in [4.69, 9.17) is 4.74 Å². The first kappa shape index (κ1) is 12.7. The van der Waals surface area contributed by atoms with Gasteiger partial charge >= 0.3 is 0 Å². The van der Waals surface area contributed by atoms with Gasteiger partial charge in [-0.3, -0.25) is 4.79 Å². The lowest BCUT2D eigenvalue weighted by atomic mass is 10.1. The SMILES string of the molecule is CSc1ccccc1OCC(=O)c1ccccc1. The molecule has 3 heteroatoms. The average molecular weight is 258 g/mol. The molecule has 0 bridgehead atoms. The summed E-state index contributed by atoms with van der Waals surface area (Å²) in [4.78, 5) is 12.9. The molecular formula is C15H14O2S. The number of hydrogen-bond donors (Lipinski definition) is 0.